The molecule has 190 valence electrons. The molecule has 2 aromatic carbocycles. The number of benzene rings is 2. The number of amides is 1. The summed E-state index contributed by atoms with van der Waals surface area (Å²) in [6.07, 6.45) is 0.453. The Labute approximate surface area is 207 Å². The maximum Gasteiger partial charge on any atom is 0.326 e. The van der Waals surface area contributed by atoms with Gasteiger partial charge in [0.25, 0.3) is 11.4 Å². The fourth-order valence-electron chi connectivity index (χ4n) is 5.92. The van der Waals surface area contributed by atoms with Crippen molar-refractivity contribution in [2.24, 2.45) is 0 Å². The van der Waals surface area contributed by atoms with Gasteiger partial charge in [-0.05, 0) is 51.6 Å². The van der Waals surface area contributed by atoms with Crippen LogP contribution in [-0.2, 0) is 31.7 Å². The SMILES string of the molecule is CCOC(=O)[C@]1(c2ccc([N+](=O)[O-])cc2[N+](=O)[O-])C[C@]2(C)c3ccccc3C[C@@H](CN(C)C)N2C1=O. The maximum absolute atomic E-state index is 14.4. The third kappa shape index (κ3) is 3.70. The first-order valence-corrected chi connectivity index (χ1v) is 11.6. The minimum absolute atomic E-state index is 0.0386. The van der Waals surface area contributed by atoms with Crippen LogP contribution in [0.3, 0.4) is 0 Å². The molecule has 36 heavy (non-hydrogen) atoms. The van der Waals surface area contributed by atoms with E-state index in [1.54, 1.807) is 11.8 Å². The fourth-order valence-corrected chi connectivity index (χ4v) is 5.92. The molecule has 0 radical (unpaired) electrons. The number of carbonyl (C=O) groups excluding carboxylic acids is 2. The fraction of sp³-hybridized carbons (Fsp3) is 0.440. The highest BCUT2D eigenvalue weighted by atomic mass is 16.6. The largest absolute Gasteiger partial charge is 0.465 e. The number of fused-ring (bicyclic) bond motifs is 3. The van der Waals surface area contributed by atoms with E-state index < -0.39 is 44.1 Å². The monoisotopic (exact) mass is 496 g/mol. The lowest BCUT2D eigenvalue weighted by Crippen LogP contribution is -2.56. The highest BCUT2D eigenvalue weighted by molar-refractivity contribution is 6.12. The summed E-state index contributed by atoms with van der Waals surface area (Å²) in [5.74, 6) is -1.49. The van der Waals surface area contributed by atoms with Crippen molar-refractivity contribution in [3.8, 4) is 0 Å². The number of hydrogen-bond acceptors (Lipinski definition) is 8. The number of rotatable bonds is 7. The topological polar surface area (TPSA) is 136 Å². The van der Waals surface area contributed by atoms with Gasteiger partial charge in [-0.15, -0.1) is 0 Å². The Morgan fingerprint density at radius 3 is 2.44 bits per heavy atom. The summed E-state index contributed by atoms with van der Waals surface area (Å²) in [5.41, 5.74) is -2.46. The molecule has 0 bridgehead atoms. The van der Waals surface area contributed by atoms with Crippen molar-refractivity contribution in [1.29, 1.82) is 0 Å². The van der Waals surface area contributed by atoms with Gasteiger partial charge >= 0.3 is 5.97 Å². The number of ether oxygens (including phenoxy) is 1. The van der Waals surface area contributed by atoms with Crippen molar-refractivity contribution in [2.45, 2.75) is 43.7 Å². The molecule has 11 heteroatoms. The van der Waals surface area contributed by atoms with E-state index in [9.17, 15) is 29.8 Å². The molecule has 0 spiro atoms. The van der Waals surface area contributed by atoms with Crippen LogP contribution < -0.4 is 0 Å². The zero-order valence-corrected chi connectivity index (χ0v) is 20.6. The number of nitrogens with zero attached hydrogens (tertiary/aromatic N) is 4. The summed E-state index contributed by atoms with van der Waals surface area (Å²) < 4.78 is 5.37. The van der Waals surface area contributed by atoms with Crippen molar-refractivity contribution >= 4 is 23.3 Å². The van der Waals surface area contributed by atoms with Gasteiger partial charge in [-0.2, -0.15) is 0 Å². The predicted molar refractivity (Wildman–Crippen MR) is 129 cm³/mol. The van der Waals surface area contributed by atoms with Gasteiger partial charge < -0.3 is 14.5 Å². The van der Waals surface area contributed by atoms with Gasteiger partial charge in [-0.3, -0.25) is 29.8 Å². The molecule has 2 aliphatic heterocycles. The van der Waals surface area contributed by atoms with Gasteiger partial charge in [-0.1, -0.05) is 24.3 Å². The Kier molecular flexibility index (Phi) is 6.29. The van der Waals surface area contributed by atoms with Gasteiger partial charge in [-0.25, -0.2) is 0 Å². The Bertz CT molecular complexity index is 1260. The van der Waals surface area contributed by atoms with E-state index >= 15 is 0 Å². The van der Waals surface area contributed by atoms with Crippen LogP contribution in [0.1, 0.15) is 37.0 Å². The molecule has 0 N–H and O–H groups in total. The number of nitro groups is 2. The summed E-state index contributed by atoms with van der Waals surface area (Å²) in [7, 11) is 3.77. The highest BCUT2D eigenvalue weighted by Gasteiger charge is 2.67. The van der Waals surface area contributed by atoms with Crippen LogP contribution in [0.15, 0.2) is 42.5 Å². The number of likely N-dealkylation sites (N-methyl/N-ethyl adjacent to an activating group) is 1. The lowest BCUT2D eigenvalue weighted by molar-refractivity contribution is -0.394. The van der Waals surface area contributed by atoms with Gasteiger partial charge in [0, 0.05) is 25.1 Å². The molecule has 2 aromatic rings. The molecule has 11 nitrogen and oxygen atoms in total. The van der Waals surface area contributed by atoms with Crippen LogP contribution in [0.25, 0.3) is 0 Å². The van der Waals surface area contributed by atoms with Crippen molar-refractivity contribution in [1.82, 2.24) is 9.80 Å². The van der Waals surface area contributed by atoms with E-state index in [1.807, 2.05) is 50.2 Å². The normalized spacial score (nSPS) is 24.9. The average Bonchev–Trinajstić information content (AvgIpc) is 3.07. The summed E-state index contributed by atoms with van der Waals surface area (Å²) >= 11 is 0. The number of non-ortho nitro benzene ring substituents is 1. The van der Waals surface area contributed by atoms with Gasteiger partial charge in [0.1, 0.15) is 0 Å². The molecule has 0 unspecified atom stereocenters. The molecular formula is C25H28N4O7. The minimum atomic E-state index is -2.04. The van der Waals surface area contributed by atoms with Crippen LogP contribution in [-0.4, -0.2) is 64.8 Å². The van der Waals surface area contributed by atoms with Gasteiger partial charge in [0.2, 0.25) is 5.91 Å². The molecule has 0 saturated carbocycles. The molecule has 0 aliphatic carbocycles. The number of esters is 1. The van der Waals surface area contributed by atoms with Gasteiger partial charge in [0.05, 0.1) is 33.6 Å². The molecule has 2 heterocycles. The van der Waals surface area contributed by atoms with Crippen LogP contribution >= 0.6 is 0 Å². The lowest BCUT2D eigenvalue weighted by atomic mass is 9.71. The minimum Gasteiger partial charge on any atom is -0.465 e. The Hall–Kier alpha value is -3.86. The van der Waals surface area contributed by atoms with Crippen LogP contribution in [0.4, 0.5) is 11.4 Å². The first kappa shape index (κ1) is 25.2. The van der Waals surface area contributed by atoms with Crippen LogP contribution in [0.2, 0.25) is 0 Å². The maximum atomic E-state index is 14.4. The second-order valence-corrected chi connectivity index (χ2v) is 9.74. The zero-order valence-electron chi connectivity index (χ0n) is 20.6. The van der Waals surface area contributed by atoms with Crippen LogP contribution in [0.5, 0.6) is 0 Å². The molecule has 4 rings (SSSR count). The van der Waals surface area contributed by atoms with E-state index in [-0.39, 0.29) is 24.6 Å². The smallest absolute Gasteiger partial charge is 0.326 e. The van der Waals surface area contributed by atoms with E-state index in [2.05, 4.69) is 0 Å². The third-order valence-electron chi connectivity index (χ3n) is 7.19. The summed E-state index contributed by atoms with van der Waals surface area (Å²) in [6, 6.07) is 10.4. The summed E-state index contributed by atoms with van der Waals surface area (Å²) in [5, 5.41) is 23.4. The van der Waals surface area contributed by atoms with Gasteiger partial charge in [0.15, 0.2) is 5.41 Å². The first-order chi connectivity index (χ1) is 17.0. The lowest BCUT2D eigenvalue weighted by Gasteiger charge is -2.47. The van der Waals surface area contributed by atoms with E-state index in [4.69, 9.17) is 4.74 Å². The van der Waals surface area contributed by atoms with Crippen molar-refractivity contribution in [3.63, 3.8) is 0 Å². The van der Waals surface area contributed by atoms with E-state index in [0.717, 1.165) is 29.3 Å². The first-order valence-electron chi connectivity index (χ1n) is 11.6. The Morgan fingerprint density at radius 2 is 1.83 bits per heavy atom. The molecule has 2 aliphatic rings. The second-order valence-electron chi connectivity index (χ2n) is 9.74. The van der Waals surface area contributed by atoms with Crippen molar-refractivity contribution in [3.05, 3.63) is 79.4 Å². The standard InChI is InChI=1S/C25H28N4O7/c1-5-36-23(31)25(20-11-10-17(28(32)33)13-21(20)29(34)35)15-24(2)19-9-7-6-8-16(19)12-18(14-26(3)4)27(24)22(25)30/h6-11,13,18H,5,12,14-15H2,1-4H3/t18-,24+,25-/m0/s1. The molecule has 1 amide bonds. The molecule has 1 saturated heterocycles. The Morgan fingerprint density at radius 1 is 1.14 bits per heavy atom. The Balaban J connectivity index is 2.01. The number of hydrogen-bond donors (Lipinski definition) is 0. The molecule has 0 aromatic heterocycles. The van der Waals surface area contributed by atoms with Crippen molar-refractivity contribution in [2.75, 3.05) is 27.2 Å². The molecular weight excluding hydrogens is 468 g/mol. The number of carbonyl (C=O) groups is 2. The average molecular weight is 497 g/mol. The van der Waals surface area contributed by atoms with Crippen LogP contribution in [0, 0.1) is 20.2 Å². The molecule has 1 fully saturated rings. The van der Waals surface area contributed by atoms with E-state index in [1.165, 1.54) is 0 Å². The second kappa shape index (κ2) is 8.98. The summed E-state index contributed by atoms with van der Waals surface area (Å²) in [6.45, 7) is 3.93. The van der Waals surface area contributed by atoms with E-state index in [0.29, 0.717) is 13.0 Å². The quantitative estimate of drug-likeness (QED) is 0.247. The summed E-state index contributed by atoms with van der Waals surface area (Å²) in [4.78, 5) is 53.6. The predicted octanol–water partition coefficient (Wildman–Crippen LogP) is 2.94. The number of nitro benzene ring substituents is 2. The highest BCUT2D eigenvalue weighted by Crippen LogP contribution is 2.56. The van der Waals surface area contributed by atoms with Crippen molar-refractivity contribution < 1.29 is 24.2 Å². The molecule has 3 atom stereocenters. The zero-order chi connectivity index (χ0) is 26.4. The third-order valence-corrected chi connectivity index (χ3v) is 7.19.